The Morgan fingerprint density at radius 3 is 2.94 bits per heavy atom. The van der Waals surface area contributed by atoms with Gasteiger partial charge in [0, 0.05) is 54.9 Å². The minimum absolute atomic E-state index is 0.0368. The number of nitrogens with zero attached hydrogens (tertiary/aromatic N) is 5. The van der Waals surface area contributed by atoms with E-state index < -0.39 is 0 Å². The maximum absolute atomic E-state index is 12.2. The molecule has 0 spiro atoms. The fourth-order valence-electron chi connectivity index (χ4n) is 5.04. The van der Waals surface area contributed by atoms with Crippen LogP contribution in [-0.4, -0.2) is 57.6 Å². The highest BCUT2D eigenvalue weighted by Crippen LogP contribution is 2.47. The van der Waals surface area contributed by atoms with Gasteiger partial charge in [0.2, 0.25) is 5.91 Å². The lowest BCUT2D eigenvalue weighted by Gasteiger charge is -2.40. The number of halogens is 1. The molecular formula is C25H22ClN5O2. The molecule has 1 amide bonds. The molecule has 8 heteroatoms. The SMILES string of the molecule is C=CC(=O)N1CCN2c3ncnc4cc(-c5cn(C)c6ccccc56)c(Cl)c(c34)OC[C@@H]2C1. The Hall–Kier alpha value is -3.58. The molecule has 0 radical (unpaired) electrons. The van der Waals surface area contributed by atoms with Crippen molar-refractivity contribution in [3.8, 4) is 16.9 Å². The summed E-state index contributed by atoms with van der Waals surface area (Å²) < 4.78 is 8.44. The number of hydrogen-bond acceptors (Lipinski definition) is 5. The number of carbonyl (C=O) groups excluding carboxylic acids is 1. The van der Waals surface area contributed by atoms with Gasteiger partial charge in [-0.25, -0.2) is 9.97 Å². The molecule has 0 saturated carbocycles. The molecule has 4 aromatic rings. The van der Waals surface area contributed by atoms with Gasteiger partial charge in [0.25, 0.3) is 0 Å². The molecule has 166 valence electrons. The van der Waals surface area contributed by atoms with Crippen LogP contribution in [0.1, 0.15) is 0 Å². The van der Waals surface area contributed by atoms with Crippen LogP contribution in [0.5, 0.6) is 5.75 Å². The van der Waals surface area contributed by atoms with Gasteiger partial charge in [0.15, 0.2) is 5.75 Å². The van der Waals surface area contributed by atoms with Crippen molar-refractivity contribution in [2.45, 2.75) is 6.04 Å². The molecular weight excluding hydrogens is 438 g/mol. The van der Waals surface area contributed by atoms with E-state index in [9.17, 15) is 4.79 Å². The van der Waals surface area contributed by atoms with E-state index in [2.05, 4.69) is 44.3 Å². The molecule has 0 bridgehead atoms. The number of para-hydroxylation sites is 1. The van der Waals surface area contributed by atoms with E-state index in [-0.39, 0.29) is 11.9 Å². The minimum atomic E-state index is -0.0690. The standard InChI is InChI=1S/C25H22ClN5O2/c1-3-21(32)30-8-9-31-15(11-30)13-33-24-22-19(27-14-28-25(22)31)10-17(23(24)26)18-12-29(2)20-7-5-4-6-16(18)20/h3-7,10,12,14-15H,1,8-9,11,13H2,2H3/t15-/m0/s1. The normalized spacial score (nSPS) is 17.6. The van der Waals surface area contributed by atoms with E-state index >= 15 is 0 Å². The van der Waals surface area contributed by atoms with E-state index in [1.165, 1.54) is 6.08 Å². The first kappa shape index (κ1) is 20.1. The molecule has 0 aliphatic carbocycles. The van der Waals surface area contributed by atoms with Gasteiger partial charge < -0.3 is 19.1 Å². The van der Waals surface area contributed by atoms with Crippen LogP contribution >= 0.6 is 11.6 Å². The third-order valence-electron chi connectivity index (χ3n) is 6.65. The zero-order valence-corrected chi connectivity index (χ0v) is 18.9. The number of fused-ring (bicyclic) bond motifs is 3. The van der Waals surface area contributed by atoms with Gasteiger partial charge in [0.1, 0.15) is 18.8 Å². The van der Waals surface area contributed by atoms with Gasteiger partial charge in [-0.2, -0.15) is 0 Å². The number of piperazine rings is 1. The molecule has 2 aromatic carbocycles. The fourth-order valence-corrected chi connectivity index (χ4v) is 5.35. The lowest BCUT2D eigenvalue weighted by molar-refractivity contribution is -0.126. The molecule has 7 nitrogen and oxygen atoms in total. The third-order valence-corrected chi connectivity index (χ3v) is 7.02. The highest BCUT2D eigenvalue weighted by molar-refractivity contribution is 6.37. The highest BCUT2D eigenvalue weighted by atomic mass is 35.5. The summed E-state index contributed by atoms with van der Waals surface area (Å²) in [6.07, 6.45) is 5.04. The van der Waals surface area contributed by atoms with Crippen molar-refractivity contribution in [3.05, 3.63) is 60.5 Å². The number of rotatable bonds is 2. The summed E-state index contributed by atoms with van der Waals surface area (Å²) in [4.78, 5) is 25.4. The van der Waals surface area contributed by atoms with E-state index in [0.29, 0.717) is 37.0 Å². The summed E-state index contributed by atoms with van der Waals surface area (Å²) in [6.45, 7) is 5.81. The van der Waals surface area contributed by atoms with Crippen molar-refractivity contribution in [3.63, 3.8) is 0 Å². The predicted molar refractivity (Wildman–Crippen MR) is 130 cm³/mol. The van der Waals surface area contributed by atoms with Crippen molar-refractivity contribution in [2.24, 2.45) is 7.05 Å². The molecule has 0 unspecified atom stereocenters. The first-order valence-corrected chi connectivity index (χ1v) is 11.3. The lowest BCUT2D eigenvalue weighted by Crippen LogP contribution is -2.56. The topological polar surface area (TPSA) is 63.5 Å². The summed E-state index contributed by atoms with van der Waals surface area (Å²) in [7, 11) is 2.03. The van der Waals surface area contributed by atoms with Crippen molar-refractivity contribution < 1.29 is 9.53 Å². The first-order valence-electron chi connectivity index (χ1n) is 10.9. The smallest absolute Gasteiger partial charge is 0.246 e. The number of hydrogen-bond donors (Lipinski definition) is 0. The molecule has 1 atom stereocenters. The second-order valence-corrected chi connectivity index (χ2v) is 8.85. The van der Waals surface area contributed by atoms with Crippen LogP contribution < -0.4 is 9.64 Å². The predicted octanol–water partition coefficient (Wildman–Crippen LogP) is 4.04. The van der Waals surface area contributed by atoms with Crippen molar-refractivity contribution in [1.82, 2.24) is 19.4 Å². The monoisotopic (exact) mass is 459 g/mol. The van der Waals surface area contributed by atoms with E-state index in [1.807, 2.05) is 25.2 Å². The van der Waals surface area contributed by atoms with Gasteiger partial charge in [-0.3, -0.25) is 4.79 Å². The van der Waals surface area contributed by atoms with E-state index in [1.54, 1.807) is 11.2 Å². The van der Waals surface area contributed by atoms with Crippen LogP contribution in [0.3, 0.4) is 0 Å². The Morgan fingerprint density at radius 2 is 2.09 bits per heavy atom. The number of ether oxygens (including phenoxy) is 1. The Balaban J connectivity index is 1.52. The summed E-state index contributed by atoms with van der Waals surface area (Å²) in [6, 6.07) is 10.2. The number of benzene rings is 2. The van der Waals surface area contributed by atoms with Crippen LogP contribution in [0.15, 0.2) is 55.5 Å². The Kier molecular flexibility index (Phi) is 4.55. The quantitative estimate of drug-likeness (QED) is 0.423. The van der Waals surface area contributed by atoms with Gasteiger partial charge in [0.05, 0.1) is 22.0 Å². The zero-order valence-electron chi connectivity index (χ0n) is 18.2. The van der Waals surface area contributed by atoms with Gasteiger partial charge in [-0.05, 0) is 18.2 Å². The Morgan fingerprint density at radius 1 is 1.24 bits per heavy atom. The Labute approximate surface area is 195 Å². The van der Waals surface area contributed by atoms with Crippen LogP contribution in [0, 0.1) is 0 Å². The number of amides is 1. The van der Waals surface area contributed by atoms with Crippen LogP contribution in [-0.2, 0) is 11.8 Å². The molecule has 2 aliphatic rings. The molecule has 2 aromatic heterocycles. The number of carbonyl (C=O) groups is 1. The fraction of sp³-hybridized carbons (Fsp3) is 0.240. The number of aryl methyl sites for hydroxylation is 1. The molecule has 2 aliphatic heterocycles. The zero-order chi connectivity index (χ0) is 22.7. The van der Waals surface area contributed by atoms with E-state index in [0.717, 1.165) is 38.8 Å². The molecule has 1 saturated heterocycles. The Bertz CT molecular complexity index is 1450. The minimum Gasteiger partial charge on any atom is -0.489 e. The highest BCUT2D eigenvalue weighted by Gasteiger charge is 2.35. The van der Waals surface area contributed by atoms with Crippen LogP contribution in [0.2, 0.25) is 5.02 Å². The summed E-state index contributed by atoms with van der Waals surface area (Å²) >= 11 is 7.02. The summed E-state index contributed by atoms with van der Waals surface area (Å²) in [5.41, 5.74) is 3.82. The van der Waals surface area contributed by atoms with Crippen molar-refractivity contribution in [1.29, 1.82) is 0 Å². The summed E-state index contributed by atoms with van der Waals surface area (Å²) in [5, 5.41) is 2.48. The molecule has 0 N–H and O–H groups in total. The van der Waals surface area contributed by atoms with Crippen LogP contribution in [0.4, 0.5) is 5.82 Å². The maximum atomic E-state index is 12.2. The van der Waals surface area contributed by atoms with Crippen molar-refractivity contribution in [2.75, 3.05) is 31.1 Å². The largest absolute Gasteiger partial charge is 0.489 e. The number of anilines is 1. The third kappa shape index (κ3) is 2.99. The molecule has 6 rings (SSSR count). The number of aromatic nitrogens is 3. The van der Waals surface area contributed by atoms with Gasteiger partial charge >= 0.3 is 0 Å². The molecule has 4 heterocycles. The maximum Gasteiger partial charge on any atom is 0.246 e. The van der Waals surface area contributed by atoms with Crippen molar-refractivity contribution >= 4 is 45.1 Å². The second-order valence-electron chi connectivity index (χ2n) is 8.48. The average Bonchev–Trinajstić information content (AvgIpc) is 3.08. The molecule has 1 fully saturated rings. The van der Waals surface area contributed by atoms with E-state index in [4.69, 9.17) is 16.3 Å². The average molecular weight is 460 g/mol. The van der Waals surface area contributed by atoms with Crippen LogP contribution in [0.25, 0.3) is 32.9 Å². The van der Waals surface area contributed by atoms with Gasteiger partial charge in [-0.15, -0.1) is 0 Å². The lowest BCUT2D eigenvalue weighted by atomic mass is 10.0. The van der Waals surface area contributed by atoms with Gasteiger partial charge in [-0.1, -0.05) is 36.4 Å². The second kappa shape index (κ2) is 7.49. The first-order chi connectivity index (χ1) is 16.1. The summed E-state index contributed by atoms with van der Waals surface area (Å²) in [5.74, 6) is 1.33. The molecule has 33 heavy (non-hydrogen) atoms.